The van der Waals surface area contributed by atoms with Gasteiger partial charge >= 0.3 is 0 Å². The first kappa shape index (κ1) is 20.1. The zero-order valence-corrected chi connectivity index (χ0v) is 16.3. The first-order valence-electron chi connectivity index (χ1n) is 9.59. The number of aromatic amines is 1. The minimum Gasteiger partial charge on any atom is -0.386 e. The second-order valence-corrected chi connectivity index (χ2v) is 6.80. The highest BCUT2D eigenvalue weighted by molar-refractivity contribution is 5.94. The highest BCUT2D eigenvalue weighted by Gasteiger charge is 2.26. The smallest absolute Gasteiger partial charge is 0.264 e. The molecule has 0 saturated heterocycles. The number of nitrogens with one attached hydrogen (secondary N) is 2. The fourth-order valence-corrected chi connectivity index (χ4v) is 3.18. The molecule has 0 aliphatic carbocycles. The minimum atomic E-state index is -1.02. The number of aliphatic hydroxyl groups excluding tert-OH is 1. The van der Waals surface area contributed by atoms with E-state index in [2.05, 4.69) is 25.5 Å². The molecule has 2 atom stereocenters. The van der Waals surface area contributed by atoms with E-state index in [-0.39, 0.29) is 11.4 Å². The SMILES string of the molecule is O=C(NC(c1ccccc1)C(O)c1ccccc1)c1cnc(-c2cccnn2)[nH]c1=O. The Hall–Kier alpha value is -4.17. The summed E-state index contributed by atoms with van der Waals surface area (Å²) in [4.78, 5) is 32.2. The summed E-state index contributed by atoms with van der Waals surface area (Å²) >= 11 is 0. The van der Waals surface area contributed by atoms with Crippen molar-refractivity contribution in [3.8, 4) is 11.5 Å². The molecule has 1 amide bonds. The highest BCUT2D eigenvalue weighted by Crippen LogP contribution is 2.28. The Morgan fingerprint density at radius 1 is 0.935 bits per heavy atom. The molecule has 2 aromatic carbocycles. The summed E-state index contributed by atoms with van der Waals surface area (Å²) in [6.07, 6.45) is 1.68. The molecule has 0 saturated carbocycles. The van der Waals surface area contributed by atoms with Gasteiger partial charge in [-0.1, -0.05) is 60.7 Å². The molecule has 0 spiro atoms. The molecule has 0 fully saturated rings. The number of amides is 1. The highest BCUT2D eigenvalue weighted by atomic mass is 16.3. The molecular formula is C23H19N5O3. The summed E-state index contributed by atoms with van der Waals surface area (Å²) in [5.41, 5.74) is 0.936. The Labute approximate surface area is 177 Å². The average molecular weight is 413 g/mol. The third-order valence-corrected chi connectivity index (χ3v) is 4.76. The summed E-state index contributed by atoms with van der Waals surface area (Å²) in [5, 5.41) is 21.4. The predicted molar refractivity (Wildman–Crippen MR) is 114 cm³/mol. The van der Waals surface area contributed by atoms with Crippen molar-refractivity contribution in [2.24, 2.45) is 0 Å². The summed E-state index contributed by atoms with van der Waals surface area (Å²) in [6.45, 7) is 0. The van der Waals surface area contributed by atoms with Crippen molar-refractivity contribution in [3.05, 3.63) is 112 Å². The number of H-pyrrole nitrogens is 1. The largest absolute Gasteiger partial charge is 0.386 e. The minimum absolute atomic E-state index is 0.172. The Morgan fingerprint density at radius 3 is 2.23 bits per heavy atom. The molecule has 8 heteroatoms. The van der Waals surface area contributed by atoms with E-state index in [1.165, 1.54) is 12.4 Å². The molecule has 0 bridgehead atoms. The van der Waals surface area contributed by atoms with Crippen LogP contribution in [0.5, 0.6) is 0 Å². The molecule has 2 aromatic heterocycles. The van der Waals surface area contributed by atoms with E-state index in [1.54, 1.807) is 36.4 Å². The molecule has 0 aliphatic rings. The van der Waals surface area contributed by atoms with Crippen LogP contribution in [0.25, 0.3) is 11.5 Å². The van der Waals surface area contributed by atoms with Crippen LogP contribution in [-0.2, 0) is 0 Å². The number of aromatic nitrogens is 4. The van der Waals surface area contributed by atoms with E-state index < -0.39 is 23.6 Å². The van der Waals surface area contributed by atoms with Crippen LogP contribution in [0.15, 0.2) is 90.0 Å². The Balaban J connectivity index is 1.63. The van der Waals surface area contributed by atoms with Crippen LogP contribution in [-0.4, -0.2) is 31.2 Å². The lowest BCUT2D eigenvalue weighted by molar-refractivity contribution is 0.0829. The van der Waals surface area contributed by atoms with Crippen molar-refractivity contribution in [2.75, 3.05) is 0 Å². The van der Waals surface area contributed by atoms with Crippen LogP contribution in [0.2, 0.25) is 0 Å². The maximum Gasteiger partial charge on any atom is 0.264 e. The first-order chi connectivity index (χ1) is 15.1. The standard InChI is InChI=1S/C23H19N5O3/c29-20(16-10-5-2-6-11-16)19(15-8-3-1-4-9-15)26-22(30)17-14-24-21(27-23(17)31)18-12-7-13-25-28-18/h1-14,19-20,29H,(H,26,30)(H,24,27,31). The van der Waals surface area contributed by atoms with E-state index >= 15 is 0 Å². The van der Waals surface area contributed by atoms with Gasteiger partial charge in [-0.25, -0.2) is 4.98 Å². The molecule has 8 nitrogen and oxygen atoms in total. The molecule has 0 radical (unpaired) electrons. The molecular weight excluding hydrogens is 394 g/mol. The van der Waals surface area contributed by atoms with Gasteiger partial charge in [0.25, 0.3) is 11.5 Å². The number of nitrogens with zero attached hydrogens (tertiary/aromatic N) is 3. The fraction of sp³-hybridized carbons (Fsp3) is 0.0870. The number of hydrogen-bond acceptors (Lipinski definition) is 6. The summed E-state index contributed by atoms with van der Waals surface area (Å²) in [5.74, 6) is -0.443. The monoisotopic (exact) mass is 413 g/mol. The van der Waals surface area contributed by atoms with E-state index in [0.717, 1.165) is 0 Å². The summed E-state index contributed by atoms with van der Waals surface area (Å²) < 4.78 is 0. The Bertz CT molecular complexity index is 1210. The fourth-order valence-electron chi connectivity index (χ4n) is 3.18. The lowest BCUT2D eigenvalue weighted by Crippen LogP contribution is -2.36. The van der Waals surface area contributed by atoms with Gasteiger partial charge in [0.15, 0.2) is 5.82 Å². The maximum atomic E-state index is 12.9. The zero-order chi connectivity index (χ0) is 21.6. The molecule has 3 N–H and O–H groups in total. The lowest BCUT2D eigenvalue weighted by atomic mass is 9.95. The number of carbonyl (C=O) groups is 1. The van der Waals surface area contributed by atoms with Crippen molar-refractivity contribution in [2.45, 2.75) is 12.1 Å². The second kappa shape index (κ2) is 9.10. The van der Waals surface area contributed by atoms with Gasteiger partial charge < -0.3 is 15.4 Å². The van der Waals surface area contributed by atoms with Crippen molar-refractivity contribution < 1.29 is 9.90 Å². The molecule has 31 heavy (non-hydrogen) atoms. The van der Waals surface area contributed by atoms with E-state index in [4.69, 9.17) is 0 Å². The number of aliphatic hydroxyl groups is 1. The van der Waals surface area contributed by atoms with Gasteiger partial charge in [-0.15, -0.1) is 5.10 Å². The molecule has 154 valence electrons. The number of rotatable bonds is 6. The molecule has 4 aromatic rings. The van der Waals surface area contributed by atoms with E-state index in [0.29, 0.717) is 16.8 Å². The van der Waals surface area contributed by atoms with Gasteiger partial charge in [0, 0.05) is 12.4 Å². The van der Waals surface area contributed by atoms with Crippen molar-refractivity contribution in [1.82, 2.24) is 25.5 Å². The van der Waals surface area contributed by atoms with Gasteiger partial charge in [-0.05, 0) is 23.3 Å². The van der Waals surface area contributed by atoms with Crippen LogP contribution in [0.3, 0.4) is 0 Å². The molecule has 2 unspecified atom stereocenters. The summed E-state index contributed by atoms with van der Waals surface area (Å²) in [6, 6.07) is 20.6. The first-order valence-corrected chi connectivity index (χ1v) is 9.59. The van der Waals surface area contributed by atoms with Crippen LogP contribution in [0.4, 0.5) is 0 Å². The van der Waals surface area contributed by atoms with Gasteiger partial charge in [0.1, 0.15) is 17.4 Å². The van der Waals surface area contributed by atoms with Crippen LogP contribution < -0.4 is 10.9 Å². The molecule has 0 aliphatic heterocycles. The van der Waals surface area contributed by atoms with Crippen molar-refractivity contribution in [3.63, 3.8) is 0 Å². The summed E-state index contributed by atoms with van der Waals surface area (Å²) in [7, 11) is 0. The number of hydrogen-bond donors (Lipinski definition) is 3. The quantitative estimate of drug-likeness (QED) is 0.446. The van der Waals surface area contributed by atoms with Gasteiger partial charge in [-0.3, -0.25) is 9.59 Å². The normalized spacial score (nSPS) is 12.7. The lowest BCUT2D eigenvalue weighted by Gasteiger charge is -2.25. The third kappa shape index (κ3) is 4.54. The zero-order valence-electron chi connectivity index (χ0n) is 16.3. The van der Waals surface area contributed by atoms with Crippen molar-refractivity contribution >= 4 is 5.91 Å². The topological polar surface area (TPSA) is 121 Å². The van der Waals surface area contributed by atoms with Gasteiger partial charge in [0.05, 0.1) is 6.04 Å². The van der Waals surface area contributed by atoms with Crippen LogP contribution in [0, 0.1) is 0 Å². The Morgan fingerprint density at radius 2 is 1.61 bits per heavy atom. The van der Waals surface area contributed by atoms with Gasteiger partial charge in [0.2, 0.25) is 0 Å². The van der Waals surface area contributed by atoms with Gasteiger partial charge in [-0.2, -0.15) is 5.10 Å². The number of benzene rings is 2. The van der Waals surface area contributed by atoms with Crippen LogP contribution >= 0.6 is 0 Å². The predicted octanol–water partition coefficient (Wildman–Crippen LogP) is 2.43. The molecule has 2 heterocycles. The Kier molecular flexibility index (Phi) is 5.91. The molecule has 4 rings (SSSR count). The van der Waals surface area contributed by atoms with E-state index in [1.807, 2.05) is 36.4 Å². The van der Waals surface area contributed by atoms with E-state index in [9.17, 15) is 14.7 Å². The number of carbonyl (C=O) groups excluding carboxylic acids is 1. The second-order valence-electron chi connectivity index (χ2n) is 6.80. The maximum absolute atomic E-state index is 12.9. The van der Waals surface area contributed by atoms with Crippen molar-refractivity contribution in [1.29, 1.82) is 0 Å². The average Bonchev–Trinajstić information content (AvgIpc) is 2.83. The third-order valence-electron chi connectivity index (χ3n) is 4.76. The van der Waals surface area contributed by atoms with Crippen LogP contribution in [0.1, 0.15) is 33.6 Å².